The second-order valence-electron chi connectivity index (χ2n) is 7.55. The van der Waals surface area contributed by atoms with Gasteiger partial charge in [0.2, 0.25) is 6.79 Å². The normalized spacial score (nSPS) is 17.6. The molecule has 3 aliphatic heterocycles. The molecule has 31 heavy (non-hydrogen) atoms. The fourth-order valence-electron chi connectivity index (χ4n) is 3.78. The van der Waals surface area contributed by atoms with Gasteiger partial charge < -0.3 is 19.3 Å². The van der Waals surface area contributed by atoms with Crippen molar-refractivity contribution in [2.75, 3.05) is 46.1 Å². The topological polar surface area (TPSA) is 80.1 Å². The smallest absolute Gasteiger partial charge is 0.344 e. The Bertz CT molecular complexity index is 932. The molecule has 166 valence electrons. The number of fused-ring (bicyclic) bond motifs is 1. The Balaban J connectivity index is 0.00000112. The highest BCUT2D eigenvalue weighted by Crippen LogP contribution is 2.32. The Labute approximate surface area is 182 Å². The minimum absolute atomic E-state index is 0.0520. The number of hydrogen-bond acceptors (Lipinski definition) is 6. The van der Waals surface area contributed by atoms with E-state index in [1.807, 2.05) is 32.0 Å². The molecule has 0 bridgehead atoms. The minimum Gasteiger partial charge on any atom is -0.454 e. The largest absolute Gasteiger partial charge is 0.454 e. The summed E-state index contributed by atoms with van der Waals surface area (Å²) < 4.78 is 12.1. The second-order valence-corrected chi connectivity index (χ2v) is 7.55. The molecule has 9 nitrogen and oxygen atoms in total. The van der Waals surface area contributed by atoms with Crippen LogP contribution >= 0.6 is 0 Å². The second kappa shape index (κ2) is 9.38. The van der Waals surface area contributed by atoms with Crippen LogP contribution in [0.3, 0.4) is 0 Å². The standard InChI is InChI=1S/C20H23N5O4.C2H6/c26-19(23-4-1-5-23)16-11-21-25(13-16)20(27)24-8-6-22(7-9-24)12-15-2-3-17-18(10-15)29-14-28-17;1-2/h2-3,10-11,13H,1,4-9,12,14H2;1-2H3. The molecule has 0 aliphatic carbocycles. The van der Waals surface area contributed by atoms with Gasteiger partial charge in [0.15, 0.2) is 11.5 Å². The summed E-state index contributed by atoms with van der Waals surface area (Å²) in [6, 6.07) is 5.82. The Hall–Kier alpha value is -3.07. The lowest BCUT2D eigenvalue weighted by Crippen LogP contribution is -2.49. The zero-order chi connectivity index (χ0) is 21.8. The summed E-state index contributed by atoms with van der Waals surface area (Å²) in [4.78, 5) is 30.8. The molecule has 0 saturated carbocycles. The number of carbonyl (C=O) groups is 2. The number of benzene rings is 1. The van der Waals surface area contributed by atoms with Crippen LogP contribution in [0.15, 0.2) is 30.6 Å². The predicted molar refractivity (Wildman–Crippen MR) is 114 cm³/mol. The van der Waals surface area contributed by atoms with Crippen LogP contribution in [0.25, 0.3) is 0 Å². The van der Waals surface area contributed by atoms with E-state index in [0.29, 0.717) is 18.7 Å². The molecule has 3 aliphatic rings. The van der Waals surface area contributed by atoms with Gasteiger partial charge in [0.1, 0.15) is 0 Å². The third kappa shape index (κ3) is 4.51. The first-order chi connectivity index (χ1) is 15.2. The summed E-state index contributed by atoms with van der Waals surface area (Å²) in [6.07, 6.45) is 4.06. The van der Waals surface area contributed by atoms with Crippen molar-refractivity contribution in [1.82, 2.24) is 24.5 Å². The summed E-state index contributed by atoms with van der Waals surface area (Å²) in [5.74, 6) is 1.53. The van der Waals surface area contributed by atoms with Crippen molar-refractivity contribution in [3.63, 3.8) is 0 Å². The molecule has 2 saturated heterocycles. The summed E-state index contributed by atoms with van der Waals surface area (Å²) in [5.41, 5.74) is 1.63. The first kappa shape index (κ1) is 21.2. The number of carbonyl (C=O) groups excluding carboxylic acids is 2. The maximum absolute atomic E-state index is 12.7. The monoisotopic (exact) mass is 427 g/mol. The van der Waals surface area contributed by atoms with Gasteiger partial charge in [0.25, 0.3) is 5.91 Å². The molecule has 9 heteroatoms. The molecule has 0 spiro atoms. The van der Waals surface area contributed by atoms with Crippen molar-refractivity contribution >= 4 is 11.9 Å². The lowest BCUT2D eigenvalue weighted by molar-refractivity contribution is 0.0652. The van der Waals surface area contributed by atoms with Crippen molar-refractivity contribution in [3.05, 3.63) is 41.7 Å². The highest BCUT2D eigenvalue weighted by molar-refractivity contribution is 5.94. The summed E-state index contributed by atoms with van der Waals surface area (Å²) in [5, 5.41) is 4.11. The van der Waals surface area contributed by atoms with Crippen LogP contribution in [0.1, 0.15) is 36.2 Å². The van der Waals surface area contributed by atoms with E-state index in [0.717, 1.165) is 56.2 Å². The fourth-order valence-corrected chi connectivity index (χ4v) is 3.78. The third-order valence-corrected chi connectivity index (χ3v) is 5.65. The zero-order valence-electron chi connectivity index (χ0n) is 18.1. The lowest BCUT2D eigenvalue weighted by Gasteiger charge is -2.34. The van der Waals surface area contributed by atoms with Crippen molar-refractivity contribution in [3.8, 4) is 11.5 Å². The number of hydrogen-bond donors (Lipinski definition) is 0. The fraction of sp³-hybridized carbons (Fsp3) is 0.500. The maximum atomic E-state index is 12.7. The Morgan fingerprint density at radius 2 is 1.71 bits per heavy atom. The molecule has 1 aromatic heterocycles. The number of likely N-dealkylation sites (tertiary alicyclic amines) is 1. The van der Waals surface area contributed by atoms with Crippen LogP contribution in [-0.4, -0.2) is 82.5 Å². The van der Waals surface area contributed by atoms with Gasteiger partial charge in [-0.1, -0.05) is 19.9 Å². The van der Waals surface area contributed by atoms with E-state index in [9.17, 15) is 9.59 Å². The van der Waals surface area contributed by atoms with E-state index in [2.05, 4.69) is 10.00 Å². The van der Waals surface area contributed by atoms with Crippen molar-refractivity contribution < 1.29 is 19.1 Å². The molecule has 5 rings (SSSR count). The van der Waals surface area contributed by atoms with Crippen molar-refractivity contribution in [2.24, 2.45) is 0 Å². The van der Waals surface area contributed by atoms with Gasteiger partial charge >= 0.3 is 6.03 Å². The Kier molecular flexibility index (Phi) is 6.41. The van der Waals surface area contributed by atoms with E-state index in [-0.39, 0.29) is 18.7 Å². The van der Waals surface area contributed by atoms with Crippen LogP contribution in [0, 0.1) is 0 Å². The van der Waals surface area contributed by atoms with Gasteiger partial charge in [0.05, 0.1) is 11.8 Å². The van der Waals surface area contributed by atoms with Gasteiger partial charge in [-0.3, -0.25) is 9.69 Å². The van der Waals surface area contributed by atoms with Crippen LogP contribution in [-0.2, 0) is 6.54 Å². The molecule has 1 aromatic carbocycles. The van der Waals surface area contributed by atoms with E-state index < -0.39 is 0 Å². The number of aromatic nitrogens is 2. The Morgan fingerprint density at radius 3 is 2.42 bits per heavy atom. The minimum atomic E-state index is -0.185. The predicted octanol–water partition coefficient (Wildman–Crippen LogP) is 2.27. The first-order valence-corrected chi connectivity index (χ1v) is 10.9. The number of piperazine rings is 1. The van der Waals surface area contributed by atoms with E-state index >= 15 is 0 Å². The molecular weight excluding hydrogens is 398 g/mol. The van der Waals surface area contributed by atoms with Gasteiger partial charge in [-0.05, 0) is 24.1 Å². The van der Waals surface area contributed by atoms with Gasteiger partial charge in [-0.2, -0.15) is 9.78 Å². The summed E-state index contributed by atoms with van der Waals surface area (Å²) >= 11 is 0. The van der Waals surface area contributed by atoms with Gasteiger partial charge in [-0.25, -0.2) is 4.79 Å². The van der Waals surface area contributed by atoms with Crippen LogP contribution in [0.2, 0.25) is 0 Å². The highest BCUT2D eigenvalue weighted by Gasteiger charge is 2.26. The van der Waals surface area contributed by atoms with Crippen LogP contribution in [0.5, 0.6) is 11.5 Å². The Morgan fingerprint density at radius 1 is 0.968 bits per heavy atom. The number of ether oxygens (including phenoxy) is 2. The lowest BCUT2D eigenvalue weighted by atomic mass is 10.1. The molecule has 2 aromatic rings. The molecule has 0 unspecified atom stereocenters. The molecule has 2 fully saturated rings. The molecule has 0 N–H and O–H groups in total. The number of nitrogens with zero attached hydrogens (tertiary/aromatic N) is 5. The molecule has 2 amide bonds. The zero-order valence-corrected chi connectivity index (χ0v) is 18.1. The van der Waals surface area contributed by atoms with Gasteiger partial charge in [0, 0.05) is 52.0 Å². The molecule has 4 heterocycles. The van der Waals surface area contributed by atoms with Crippen molar-refractivity contribution in [1.29, 1.82) is 0 Å². The average Bonchev–Trinajstić information content (AvgIpc) is 3.43. The molecule has 0 radical (unpaired) electrons. The van der Waals surface area contributed by atoms with E-state index in [4.69, 9.17) is 9.47 Å². The number of rotatable bonds is 3. The maximum Gasteiger partial charge on any atom is 0.344 e. The van der Waals surface area contributed by atoms with Crippen molar-refractivity contribution in [2.45, 2.75) is 26.8 Å². The van der Waals surface area contributed by atoms with E-state index in [1.54, 1.807) is 16.0 Å². The number of amides is 2. The SMILES string of the molecule is CC.O=C(c1cnn(C(=O)N2CCN(Cc3ccc4c(c3)OCO4)CC2)c1)N1CCC1. The van der Waals surface area contributed by atoms with Crippen LogP contribution < -0.4 is 9.47 Å². The average molecular weight is 428 g/mol. The quantitative estimate of drug-likeness (QED) is 0.748. The van der Waals surface area contributed by atoms with Gasteiger partial charge in [-0.15, -0.1) is 0 Å². The molecule has 0 atom stereocenters. The summed E-state index contributed by atoms with van der Waals surface area (Å²) in [6.45, 7) is 9.44. The van der Waals surface area contributed by atoms with Crippen LogP contribution in [0.4, 0.5) is 4.79 Å². The first-order valence-electron chi connectivity index (χ1n) is 10.9. The van der Waals surface area contributed by atoms with E-state index in [1.165, 1.54) is 10.9 Å². The molecular formula is C22H29N5O4. The third-order valence-electron chi connectivity index (χ3n) is 5.65. The summed E-state index contributed by atoms with van der Waals surface area (Å²) in [7, 11) is 0. The highest BCUT2D eigenvalue weighted by atomic mass is 16.7.